The molecule has 1 aromatic rings. The number of aromatic nitrogens is 1. The first-order chi connectivity index (χ1) is 6.24. The van der Waals surface area contributed by atoms with Gasteiger partial charge in [0.05, 0.1) is 6.42 Å². The zero-order chi connectivity index (χ0) is 9.68. The third-order valence-electron chi connectivity index (χ3n) is 1.30. The number of carbonyl (C=O) groups is 1. The summed E-state index contributed by atoms with van der Waals surface area (Å²) in [4.78, 5) is 22.9. The van der Waals surface area contributed by atoms with Gasteiger partial charge in [0, 0.05) is 17.8 Å². The van der Waals surface area contributed by atoms with Crippen molar-refractivity contribution in [1.29, 1.82) is 0 Å². The Morgan fingerprint density at radius 2 is 2.38 bits per heavy atom. The van der Waals surface area contributed by atoms with Crippen LogP contribution in [0.1, 0.15) is 12.0 Å². The molecule has 0 atom stereocenters. The largest absolute Gasteiger partial charge is 0.503 e. The van der Waals surface area contributed by atoms with Crippen LogP contribution in [-0.2, 0) is 4.79 Å². The van der Waals surface area contributed by atoms with Gasteiger partial charge in [0.1, 0.15) is 6.29 Å². The van der Waals surface area contributed by atoms with Crippen LogP contribution in [-0.4, -0.2) is 16.4 Å². The minimum atomic E-state index is -0.555. The number of pyridine rings is 1. The molecule has 0 aliphatic rings. The van der Waals surface area contributed by atoms with Gasteiger partial charge in [-0.2, -0.15) is 0 Å². The molecule has 0 aromatic carbocycles. The third kappa shape index (κ3) is 2.49. The minimum Gasteiger partial charge on any atom is -0.503 e. The second-order valence-corrected chi connectivity index (χ2v) is 2.28. The molecule has 0 fully saturated rings. The Labute approximate surface area is 74.2 Å². The molecule has 4 heteroatoms. The minimum absolute atomic E-state index is 0.139. The van der Waals surface area contributed by atoms with Gasteiger partial charge >= 0.3 is 0 Å². The average Bonchev–Trinajstić information content (AvgIpc) is 2.12. The first-order valence-corrected chi connectivity index (χ1v) is 3.58. The lowest BCUT2D eigenvalue weighted by atomic mass is 10.2. The Bertz CT molecular complexity index is 422. The maximum absolute atomic E-state index is 10.7. The Morgan fingerprint density at radius 1 is 1.62 bits per heavy atom. The Kier molecular flexibility index (Phi) is 2.87. The number of aldehydes is 1. The topological polar surface area (TPSA) is 70.2 Å². The molecule has 1 rings (SSSR count). The third-order valence-corrected chi connectivity index (χ3v) is 1.30. The highest BCUT2D eigenvalue weighted by Gasteiger charge is 1.95. The van der Waals surface area contributed by atoms with Gasteiger partial charge < -0.3 is 14.9 Å². The molecule has 0 aliphatic heterocycles. The summed E-state index contributed by atoms with van der Waals surface area (Å²) in [6.07, 6.45) is 2.19. The number of carbonyl (C=O) groups excluding carboxylic acids is 1. The predicted octanol–water partition coefficient (Wildman–Crippen LogP) is 0.0210. The smallest absolute Gasteiger partial charge is 0.290 e. The van der Waals surface area contributed by atoms with E-state index in [1.807, 2.05) is 0 Å². The molecule has 4 nitrogen and oxygen atoms in total. The van der Waals surface area contributed by atoms with Gasteiger partial charge in [-0.25, -0.2) is 0 Å². The average molecular weight is 177 g/mol. The summed E-state index contributed by atoms with van der Waals surface area (Å²) >= 11 is 0. The second kappa shape index (κ2) is 4.12. The molecule has 0 radical (unpaired) electrons. The number of nitrogens with one attached hydrogen (secondary N) is 1. The van der Waals surface area contributed by atoms with Crippen LogP contribution in [0.4, 0.5) is 0 Å². The number of hydrogen-bond acceptors (Lipinski definition) is 3. The van der Waals surface area contributed by atoms with Crippen molar-refractivity contribution in [2.45, 2.75) is 6.42 Å². The van der Waals surface area contributed by atoms with Gasteiger partial charge in [0.2, 0.25) is 0 Å². The van der Waals surface area contributed by atoms with Crippen LogP contribution in [0.15, 0.2) is 17.1 Å². The Balaban J connectivity index is 2.93. The van der Waals surface area contributed by atoms with Crippen molar-refractivity contribution < 1.29 is 9.90 Å². The van der Waals surface area contributed by atoms with Crippen molar-refractivity contribution in [3.05, 3.63) is 28.2 Å². The summed E-state index contributed by atoms with van der Waals surface area (Å²) in [5.74, 6) is 4.77. The van der Waals surface area contributed by atoms with Crippen LogP contribution in [0.25, 0.3) is 0 Å². The van der Waals surface area contributed by atoms with Gasteiger partial charge in [-0.1, -0.05) is 11.8 Å². The van der Waals surface area contributed by atoms with Gasteiger partial charge in [0.25, 0.3) is 5.56 Å². The first-order valence-electron chi connectivity index (χ1n) is 3.58. The van der Waals surface area contributed by atoms with Crippen molar-refractivity contribution in [3.8, 4) is 17.6 Å². The van der Waals surface area contributed by atoms with E-state index in [1.54, 1.807) is 0 Å². The lowest BCUT2D eigenvalue weighted by Crippen LogP contribution is -2.03. The van der Waals surface area contributed by atoms with E-state index in [1.165, 1.54) is 12.3 Å². The van der Waals surface area contributed by atoms with Crippen molar-refractivity contribution in [2.24, 2.45) is 0 Å². The Morgan fingerprint density at radius 3 is 3.00 bits per heavy atom. The lowest BCUT2D eigenvalue weighted by molar-refractivity contribution is -0.107. The molecule has 13 heavy (non-hydrogen) atoms. The maximum Gasteiger partial charge on any atom is 0.290 e. The van der Waals surface area contributed by atoms with Crippen LogP contribution in [0.3, 0.4) is 0 Å². The summed E-state index contributed by atoms with van der Waals surface area (Å²) in [5.41, 5.74) is -0.0834. The summed E-state index contributed by atoms with van der Waals surface area (Å²) in [7, 11) is 0. The van der Waals surface area contributed by atoms with Gasteiger partial charge in [-0.05, 0) is 0 Å². The second-order valence-electron chi connectivity index (χ2n) is 2.28. The van der Waals surface area contributed by atoms with Crippen LogP contribution in [0.2, 0.25) is 0 Å². The fourth-order valence-electron chi connectivity index (χ4n) is 0.739. The maximum atomic E-state index is 10.7. The quantitative estimate of drug-likeness (QED) is 0.469. The van der Waals surface area contributed by atoms with Crippen LogP contribution in [0, 0.1) is 11.8 Å². The van der Waals surface area contributed by atoms with E-state index < -0.39 is 5.56 Å². The molecule has 0 bridgehead atoms. The highest BCUT2D eigenvalue weighted by atomic mass is 16.3. The molecule has 1 aromatic heterocycles. The normalized spacial score (nSPS) is 8.62. The molecule has 0 spiro atoms. The SMILES string of the molecule is O=CCC#Cc1c[nH]c(=O)c(O)c1. The lowest BCUT2D eigenvalue weighted by Gasteiger charge is -1.90. The number of hydrogen-bond donors (Lipinski definition) is 2. The number of aromatic hydroxyl groups is 1. The molecular weight excluding hydrogens is 170 g/mol. The zero-order valence-electron chi connectivity index (χ0n) is 6.70. The van der Waals surface area contributed by atoms with E-state index in [9.17, 15) is 9.59 Å². The number of aromatic amines is 1. The molecule has 0 aliphatic carbocycles. The summed E-state index contributed by atoms with van der Waals surface area (Å²) in [5, 5.41) is 8.98. The molecule has 0 unspecified atom stereocenters. The predicted molar refractivity (Wildman–Crippen MR) is 46.3 cm³/mol. The number of H-pyrrole nitrogens is 1. The first kappa shape index (κ1) is 9.07. The van der Waals surface area contributed by atoms with Crippen molar-refractivity contribution in [2.75, 3.05) is 0 Å². The van der Waals surface area contributed by atoms with E-state index >= 15 is 0 Å². The number of rotatable bonds is 1. The summed E-state index contributed by atoms with van der Waals surface area (Å²) < 4.78 is 0. The van der Waals surface area contributed by atoms with Crippen LogP contribution >= 0.6 is 0 Å². The highest BCUT2D eigenvalue weighted by molar-refractivity contribution is 5.54. The van der Waals surface area contributed by atoms with E-state index in [0.717, 1.165) is 0 Å². The Hall–Kier alpha value is -2.02. The van der Waals surface area contributed by atoms with Crippen molar-refractivity contribution in [1.82, 2.24) is 4.98 Å². The van der Waals surface area contributed by atoms with E-state index in [4.69, 9.17) is 5.11 Å². The molecular formula is C9H7NO3. The van der Waals surface area contributed by atoms with Crippen LogP contribution in [0.5, 0.6) is 5.75 Å². The van der Waals surface area contributed by atoms with Crippen molar-refractivity contribution in [3.63, 3.8) is 0 Å². The zero-order valence-corrected chi connectivity index (χ0v) is 6.70. The molecule has 66 valence electrons. The highest BCUT2D eigenvalue weighted by Crippen LogP contribution is 2.01. The molecule has 0 saturated heterocycles. The summed E-state index contributed by atoms with van der Waals surface area (Å²) in [6.45, 7) is 0. The monoisotopic (exact) mass is 177 g/mol. The fourth-order valence-corrected chi connectivity index (χ4v) is 0.739. The standard InChI is InChI=1S/C9H7NO3/c11-4-2-1-3-7-5-8(12)9(13)10-6-7/h4-6,12H,2H2,(H,10,13). The van der Waals surface area contributed by atoms with Crippen molar-refractivity contribution >= 4 is 6.29 Å². The van der Waals surface area contributed by atoms with Gasteiger partial charge in [0.15, 0.2) is 5.75 Å². The summed E-state index contributed by atoms with van der Waals surface area (Å²) in [6, 6.07) is 1.25. The fraction of sp³-hybridized carbons (Fsp3) is 0.111. The van der Waals surface area contributed by atoms with E-state index in [2.05, 4.69) is 16.8 Å². The van der Waals surface area contributed by atoms with Crippen LogP contribution < -0.4 is 5.56 Å². The van der Waals surface area contributed by atoms with Gasteiger partial charge in [-0.3, -0.25) is 4.79 Å². The molecule has 1 heterocycles. The van der Waals surface area contributed by atoms with Gasteiger partial charge in [-0.15, -0.1) is 0 Å². The molecule has 2 N–H and O–H groups in total. The van der Waals surface area contributed by atoms with E-state index in [-0.39, 0.29) is 12.2 Å². The molecule has 0 amide bonds. The molecule has 0 saturated carbocycles. The van der Waals surface area contributed by atoms with E-state index in [0.29, 0.717) is 11.8 Å².